The van der Waals surface area contributed by atoms with Crippen molar-refractivity contribution in [3.05, 3.63) is 16.1 Å². The number of aromatic nitrogens is 1. The molecule has 68 valence electrons. The SMILES string of the molecule is CCCOCc1csc(CN)n1. The summed E-state index contributed by atoms with van der Waals surface area (Å²) in [4.78, 5) is 4.27. The van der Waals surface area contributed by atoms with Gasteiger partial charge in [-0.05, 0) is 6.42 Å². The average Bonchev–Trinajstić information content (AvgIpc) is 2.53. The third kappa shape index (κ3) is 2.89. The van der Waals surface area contributed by atoms with E-state index in [4.69, 9.17) is 10.5 Å². The van der Waals surface area contributed by atoms with Crippen molar-refractivity contribution in [2.75, 3.05) is 6.61 Å². The summed E-state index contributed by atoms with van der Waals surface area (Å²) in [5.74, 6) is 0. The minimum atomic E-state index is 0.526. The molecule has 0 aliphatic carbocycles. The molecule has 1 aromatic heterocycles. The van der Waals surface area contributed by atoms with Gasteiger partial charge in [0, 0.05) is 18.5 Å². The Morgan fingerprint density at radius 1 is 1.67 bits per heavy atom. The smallest absolute Gasteiger partial charge is 0.107 e. The van der Waals surface area contributed by atoms with Crippen molar-refractivity contribution in [2.24, 2.45) is 5.73 Å². The predicted molar refractivity (Wildman–Crippen MR) is 50.0 cm³/mol. The first-order valence-electron chi connectivity index (χ1n) is 4.08. The molecule has 1 aromatic rings. The third-order valence-electron chi connectivity index (χ3n) is 1.37. The Morgan fingerprint density at radius 2 is 2.50 bits per heavy atom. The first kappa shape index (κ1) is 9.64. The highest BCUT2D eigenvalue weighted by atomic mass is 32.1. The van der Waals surface area contributed by atoms with Gasteiger partial charge in [0.1, 0.15) is 5.01 Å². The van der Waals surface area contributed by atoms with Gasteiger partial charge in [-0.15, -0.1) is 11.3 Å². The van der Waals surface area contributed by atoms with Gasteiger partial charge in [0.15, 0.2) is 0 Å². The molecule has 3 nitrogen and oxygen atoms in total. The van der Waals surface area contributed by atoms with Gasteiger partial charge in [0.2, 0.25) is 0 Å². The van der Waals surface area contributed by atoms with Crippen LogP contribution in [0.1, 0.15) is 24.0 Å². The Morgan fingerprint density at radius 3 is 3.08 bits per heavy atom. The van der Waals surface area contributed by atoms with Crippen molar-refractivity contribution in [3.8, 4) is 0 Å². The molecule has 1 heterocycles. The Hall–Kier alpha value is -0.450. The average molecular weight is 186 g/mol. The second kappa shape index (κ2) is 5.24. The van der Waals surface area contributed by atoms with E-state index in [2.05, 4.69) is 11.9 Å². The van der Waals surface area contributed by atoms with E-state index in [9.17, 15) is 0 Å². The molecule has 1 rings (SSSR count). The van der Waals surface area contributed by atoms with Gasteiger partial charge in [-0.2, -0.15) is 0 Å². The number of hydrogen-bond donors (Lipinski definition) is 1. The van der Waals surface area contributed by atoms with E-state index in [0.717, 1.165) is 23.7 Å². The number of rotatable bonds is 5. The fraction of sp³-hybridized carbons (Fsp3) is 0.625. The Bertz CT molecular complexity index is 225. The first-order valence-corrected chi connectivity index (χ1v) is 4.96. The van der Waals surface area contributed by atoms with Crippen LogP contribution in [-0.2, 0) is 17.9 Å². The second-order valence-electron chi connectivity index (χ2n) is 2.49. The van der Waals surface area contributed by atoms with Crippen LogP contribution in [0.2, 0.25) is 0 Å². The molecular weight excluding hydrogens is 172 g/mol. The van der Waals surface area contributed by atoms with Gasteiger partial charge >= 0.3 is 0 Å². The molecule has 0 aliphatic rings. The first-order chi connectivity index (χ1) is 5.86. The van der Waals surface area contributed by atoms with Crippen molar-refractivity contribution in [1.29, 1.82) is 0 Å². The standard InChI is InChI=1S/C8H14N2OS/c1-2-3-11-5-7-6-12-8(4-9)10-7/h6H,2-5,9H2,1H3. The van der Waals surface area contributed by atoms with Crippen LogP contribution in [0.4, 0.5) is 0 Å². The molecule has 0 bridgehead atoms. The highest BCUT2D eigenvalue weighted by Gasteiger charge is 1.99. The summed E-state index contributed by atoms with van der Waals surface area (Å²) < 4.78 is 5.33. The van der Waals surface area contributed by atoms with Gasteiger partial charge in [0.05, 0.1) is 12.3 Å². The number of hydrogen-bond acceptors (Lipinski definition) is 4. The molecule has 0 saturated carbocycles. The van der Waals surface area contributed by atoms with Crippen LogP contribution < -0.4 is 5.73 Å². The van der Waals surface area contributed by atoms with Crippen LogP contribution in [0.5, 0.6) is 0 Å². The lowest BCUT2D eigenvalue weighted by atomic mass is 10.5. The molecule has 0 spiro atoms. The monoisotopic (exact) mass is 186 g/mol. The molecule has 0 amide bonds. The number of nitrogens with zero attached hydrogens (tertiary/aromatic N) is 1. The van der Waals surface area contributed by atoms with E-state index in [0.29, 0.717) is 13.2 Å². The Kier molecular flexibility index (Phi) is 4.21. The number of thiazole rings is 1. The maximum absolute atomic E-state index is 5.43. The minimum absolute atomic E-state index is 0.526. The van der Waals surface area contributed by atoms with Crippen LogP contribution in [-0.4, -0.2) is 11.6 Å². The van der Waals surface area contributed by atoms with Gasteiger partial charge in [-0.3, -0.25) is 0 Å². The van der Waals surface area contributed by atoms with Crippen molar-refractivity contribution >= 4 is 11.3 Å². The molecule has 0 aliphatic heterocycles. The van der Waals surface area contributed by atoms with Crippen molar-refractivity contribution in [2.45, 2.75) is 26.5 Å². The molecule has 0 atom stereocenters. The largest absolute Gasteiger partial charge is 0.375 e. The van der Waals surface area contributed by atoms with Gasteiger partial charge in [-0.25, -0.2) is 4.98 Å². The summed E-state index contributed by atoms with van der Waals surface area (Å²) in [7, 11) is 0. The normalized spacial score (nSPS) is 10.5. The lowest BCUT2D eigenvalue weighted by Gasteiger charge is -1.97. The zero-order chi connectivity index (χ0) is 8.81. The minimum Gasteiger partial charge on any atom is -0.375 e. The lowest BCUT2D eigenvalue weighted by molar-refractivity contribution is 0.119. The quantitative estimate of drug-likeness (QED) is 0.709. The van der Waals surface area contributed by atoms with Crippen molar-refractivity contribution in [3.63, 3.8) is 0 Å². The van der Waals surface area contributed by atoms with Gasteiger partial charge in [-0.1, -0.05) is 6.92 Å². The topological polar surface area (TPSA) is 48.1 Å². The lowest BCUT2D eigenvalue weighted by Crippen LogP contribution is -1.97. The van der Waals surface area contributed by atoms with Gasteiger partial charge < -0.3 is 10.5 Å². The van der Waals surface area contributed by atoms with E-state index in [-0.39, 0.29) is 0 Å². The summed E-state index contributed by atoms with van der Waals surface area (Å²) in [5, 5.41) is 2.97. The summed E-state index contributed by atoms with van der Waals surface area (Å²) in [6.45, 7) is 4.03. The molecule has 0 aromatic carbocycles. The maximum Gasteiger partial charge on any atom is 0.107 e. The summed E-state index contributed by atoms with van der Waals surface area (Å²) in [6.07, 6.45) is 1.05. The van der Waals surface area contributed by atoms with E-state index in [1.807, 2.05) is 5.38 Å². The Balaban J connectivity index is 2.31. The summed E-state index contributed by atoms with van der Waals surface area (Å²) in [5.41, 5.74) is 6.42. The fourth-order valence-electron chi connectivity index (χ4n) is 0.830. The Labute approximate surface area is 76.6 Å². The fourth-order valence-corrected chi connectivity index (χ4v) is 1.49. The zero-order valence-electron chi connectivity index (χ0n) is 7.25. The molecule has 0 unspecified atom stereocenters. The van der Waals surface area contributed by atoms with Crippen LogP contribution in [0, 0.1) is 0 Å². The van der Waals surface area contributed by atoms with Crippen LogP contribution >= 0.6 is 11.3 Å². The molecule has 12 heavy (non-hydrogen) atoms. The van der Waals surface area contributed by atoms with Crippen LogP contribution in [0.15, 0.2) is 5.38 Å². The van der Waals surface area contributed by atoms with Crippen LogP contribution in [0.25, 0.3) is 0 Å². The van der Waals surface area contributed by atoms with E-state index < -0.39 is 0 Å². The molecule has 4 heteroatoms. The summed E-state index contributed by atoms with van der Waals surface area (Å²) >= 11 is 1.59. The van der Waals surface area contributed by atoms with E-state index in [1.54, 1.807) is 11.3 Å². The highest BCUT2D eigenvalue weighted by molar-refractivity contribution is 7.09. The maximum atomic E-state index is 5.43. The molecular formula is C8H14N2OS. The van der Waals surface area contributed by atoms with Crippen LogP contribution in [0.3, 0.4) is 0 Å². The zero-order valence-corrected chi connectivity index (χ0v) is 8.06. The molecule has 0 radical (unpaired) electrons. The highest BCUT2D eigenvalue weighted by Crippen LogP contribution is 2.09. The summed E-state index contributed by atoms with van der Waals surface area (Å²) in [6, 6.07) is 0. The third-order valence-corrected chi connectivity index (χ3v) is 2.29. The number of ether oxygens (including phenoxy) is 1. The molecule has 2 N–H and O–H groups in total. The second-order valence-corrected chi connectivity index (χ2v) is 3.43. The van der Waals surface area contributed by atoms with E-state index in [1.165, 1.54) is 0 Å². The number of nitrogens with two attached hydrogens (primary N) is 1. The predicted octanol–water partition coefficient (Wildman–Crippen LogP) is 1.53. The molecule has 0 saturated heterocycles. The van der Waals surface area contributed by atoms with Crippen molar-refractivity contribution < 1.29 is 4.74 Å². The van der Waals surface area contributed by atoms with Gasteiger partial charge in [0.25, 0.3) is 0 Å². The van der Waals surface area contributed by atoms with E-state index >= 15 is 0 Å². The van der Waals surface area contributed by atoms with Crippen molar-refractivity contribution in [1.82, 2.24) is 4.98 Å². The molecule has 0 fully saturated rings.